The normalized spacial score (nSPS) is 16.5. The first-order valence-electron chi connectivity index (χ1n) is 21.4. The average Bonchev–Trinajstić information content (AvgIpc) is 3.88. The highest BCUT2D eigenvalue weighted by Crippen LogP contribution is 2.55. The van der Waals surface area contributed by atoms with Crippen molar-refractivity contribution >= 4 is 68.1 Å². The van der Waals surface area contributed by atoms with Gasteiger partial charge < -0.3 is 28.8 Å². The van der Waals surface area contributed by atoms with Crippen LogP contribution in [0.25, 0.3) is 33.2 Å². The molecule has 0 radical (unpaired) electrons. The van der Waals surface area contributed by atoms with Crippen LogP contribution < -0.4 is 14.4 Å². The van der Waals surface area contributed by atoms with Gasteiger partial charge in [0.05, 0.1) is 37.5 Å². The molecule has 0 unspecified atom stereocenters. The largest absolute Gasteiger partial charge is 0.455 e. The number of ether oxygens (including phenoxy) is 3. The molecule has 16 heteroatoms. The number of H-pyrrole nitrogens is 1. The number of nitrogens with zero attached hydrogens (tertiary/aromatic N) is 6. The summed E-state index contributed by atoms with van der Waals surface area (Å²) in [4.78, 5) is 24.7. The van der Waals surface area contributed by atoms with Crippen LogP contribution in [0.5, 0.6) is 11.5 Å². The quantitative estimate of drug-likeness (QED) is 0.0392. The highest BCUT2D eigenvalue weighted by Gasteiger charge is 2.41. The topological polar surface area (TPSA) is 136 Å². The second-order valence-electron chi connectivity index (χ2n) is 16.6. The van der Waals surface area contributed by atoms with E-state index >= 15 is 4.39 Å². The molecule has 2 aliphatic carbocycles. The number of aromatic amines is 1. The molecule has 63 heavy (non-hydrogen) atoms. The second kappa shape index (κ2) is 18.7. The van der Waals surface area contributed by atoms with Crippen molar-refractivity contribution in [3.05, 3.63) is 123 Å². The third-order valence-corrected chi connectivity index (χ3v) is 13.8. The zero-order valence-electron chi connectivity index (χ0n) is 35.2. The Labute approximate surface area is 374 Å². The number of hydrogen-bond donors (Lipinski definition) is 2. The number of benzene rings is 3. The van der Waals surface area contributed by atoms with Gasteiger partial charge in [0.1, 0.15) is 28.0 Å². The maximum absolute atomic E-state index is 15.4. The Morgan fingerprint density at radius 3 is 2.63 bits per heavy atom. The van der Waals surface area contributed by atoms with Gasteiger partial charge in [0.15, 0.2) is 0 Å². The molecule has 9 rings (SSSR count). The van der Waals surface area contributed by atoms with E-state index in [1.54, 1.807) is 24.9 Å². The van der Waals surface area contributed by atoms with Crippen molar-refractivity contribution in [1.82, 2.24) is 29.4 Å². The van der Waals surface area contributed by atoms with Crippen LogP contribution in [0.1, 0.15) is 49.7 Å². The van der Waals surface area contributed by atoms with Crippen molar-refractivity contribution in [2.75, 3.05) is 64.6 Å². The zero-order valence-corrected chi connectivity index (χ0v) is 36.8. The van der Waals surface area contributed by atoms with Crippen molar-refractivity contribution in [3.8, 4) is 11.5 Å². The van der Waals surface area contributed by atoms with Gasteiger partial charge in [0.25, 0.3) is 5.69 Å². The lowest BCUT2D eigenvalue weighted by molar-refractivity contribution is -0.383. The van der Waals surface area contributed by atoms with Gasteiger partial charge in [-0.15, -0.1) is 0 Å². The minimum absolute atomic E-state index is 0.0880. The Bertz CT molecular complexity index is 2670. The van der Waals surface area contributed by atoms with E-state index in [9.17, 15) is 10.1 Å². The van der Waals surface area contributed by atoms with Crippen LogP contribution in [-0.4, -0.2) is 89.2 Å². The molecule has 1 spiro atoms. The standard InChI is InChI=1S/C47H50ClFN8O5S/c1-31(53-63-38-26-41-44(42(27-38)57(58)59)45(49)56(52-41)20-21-61-23-22-60-2)39-9-8-36(25-43(39)62-37-24-33-11-15-50-46(33)51-29-37)55-18-16-54(17-19-55)30-34-10-14-47(12-3-13-47)28-40(34)32-4-6-35(48)7-5-32/h4-9,11,15,24-27,29,53H,1,3,10,12-14,16-23,28,30H2,2H3,(H,50,51). The van der Waals surface area contributed by atoms with Crippen molar-refractivity contribution in [1.29, 1.82) is 0 Å². The van der Waals surface area contributed by atoms with Crippen LogP contribution >= 0.6 is 23.5 Å². The molecule has 2 N–H and O–H groups in total. The number of halogens is 2. The van der Waals surface area contributed by atoms with E-state index in [0.29, 0.717) is 46.3 Å². The Morgan fingerprint density at radius 1 is 1.05 bits per heavy atom. The van der Waals surface area contributed by atoms with E-state index in [0.717, 1.165) is 83.9 Å². The number of rotatable bonds is 17. The highest BCUT2D eigenvalue weighted by molar-refractivity contribution is 7.97. The molecule has 328 valence electrons. The lowest BCUT2D eigenvalue weighted by Crippen LogP contribution is -2.47. The molecule has 13 nitrogen and oxygen atoms in total. The SMILES string of the molecule is C=C(NSc1cc([N+](=O)[O-])c2c(F)n(CCOCCOC)nc2c1)c1ccc(N2CCN(CC3=C(c4ccc(Cl)cc4)CC4(CCC4)CC3)CC2)cc1Oc1cnc2[nH]ccc2c1. The molecular weight excluding hydrogens is 843 g/mol. The van der Waals surface area contributed by atoms with Crippen molar-refractivity contribution in [2.45, 2.75) is 50.0 Å². The van der Waals surface area contributed by atoms with E-state index < -0.39 is 10.9 Å². The summed E-state index contributed by atoms with van der Waals surface area (Å²) in [5.74, 6) is 0.349. The lowest BCUT2D eigenvalue weighted by atomic mass is 9.59. The first-order valence-corrected chi connectivity index (χ1v) is 22.6. The summed E-state index contributed by atoms with van der Waals surface area (Å²) in [6, 6.07) is 21.3. The number of nitrogens with one attached hydrogen (secondary N) is 2. The molecular formula is C47H50ClFN8O5S. The third-order valence-electron chi connectivity index (χ3n) is 12.7. The number of non-ortho nitro benzene ring substituents is 1. The number of hydrogen-bond acceptors (Lipinski definition) is 11. The Kier molecular flexibility index (Phi) is 12.7. The van der Waals surface area contributed by atoms with Gasteiger partial charge in [-0.05, 0) is 103 Å². The summed E-state index contributed by atoms with van der Waals surface area (Å²) in [5.41, 5.74) is 7.65. The number of methoxy groups -OCH3 is 1. The fourth-order valence-corrected chi connectivity index (χ4v) is 9.89. The average molecular weight is 893 g/mol. The number of anilines is 1. The summed E-state index contributed by atoms with van der Waals surface area (Å²) in [6.45, 7) is 9.89. The van der Waals surface area contributed by atoms with Crippen LogP contribution in [0.3, 0.4) is 0 Å². The molecule has 2 fully saturated rings. The fraction of sp³-hybridized carbons (Fsp3) is 0.362. The van der Waals surface area contributed by atoms with Crippen molar-refractivity contribution < 1.29 is 23.5 Å². The molecule has 6 aromatic rings. The highest BCUT2D eigenvalue weighted by atomic mass is 35.5. The van der Waals surface area contributed by atoms with E-state index in [2.05, 4.69) is 54.4 Å². The van der Waals surface area contributed by atoms with Gasteiger partial charge in [-0.25, -0.2) is 9.67 Å². The first-order chi connectivity index (χ1) is 30.6. The smallest absolute Gasteiger partial charge is 0.284 e. The van der Waals surface area contributed by atoms with Gasteiger partial charge in [0, 0.05) is 90.4 Å². The number of nitro groups is 1. The molecule has 3 aliphatic rings. The molecule has 0 bridgehead atoms. The molecule has 1 saturated heterocycles. The van der Waals surface area contributed by atoms with E-state index in [-0.39, 0.29) is 29.7 Å². The Morgan fingerprint density at radius 2 is 1.87 bits per heavy atom. The Balaban J connectivity index is 0.917. The van der Waals surface area contributed by atoms with Gasteiger partial charge in [-0.1, -0.05) is 42.3 Å². The maximum Gasteiger partial charge on any atom is 0.284 e. The summed E-state index contributed by atoms with van der Waals surface area (Å²) in [6.07, 6.45) is 11.1. The lowest BCUT2D eigenvalue weighted by Gasteiger charge is -2.47. The third kappa shape index (κ3) is 9.43. The van der Waals surface area contributed by atoms with Crippen molar-refractivity contribution in [3.63, 3.8) is 0 Å². The summed E-state index contributed by atoms with van der Waals surface area (Å²) in [7, 11) is 1.56. The zero-order chi connectivity index (χ0) is 43.5. The summed E-state index contributed by atoms with van der Waals surface area (Å²) < 4.78 is 36.8. The monoisotopic (exact) mass is 892 g/mol. The number of nitro benzene ring substituents is 1. The van der Waals surface area contributed by atoms with Gasteiger partial charge in [0.2, 0.25) is 5.95 Å². The van der Waals surface area contributed by atoms with Crippen molar-refractivity contribution in [2.24, 2.45) is 5.41 Å². The van der Waals surface area contributed by atoms with E-state index in [1.165, 1.54) is 42.9 Å². The summed E-state index contributed by atoms with van der Waals surface area (Å²) in [5, 5.41) is 18.0. The number of fused-ring (bicyclic) bond motifs is 2. The fourth-order valence-electron chi connectivity index (χ4n) is 9.07. The van der Waals surface area contributed by atoms with Crippen LogP contribution in [0, 0.1) is 21.5 Å². The first kappa shape index (κ1) is 42.8. The van der Waals surface area contributed by atoms with E-state index in [4.69, 9.17) is 25.8 Å². The number of pyridine rings is 1. The molecule has 0 amide bonds. The van der Waals surface area contributed by atoms with Crippen LogP contribution in [-0.2, 0) is 16.0 Å². The van der Waals surface area contributed by atoms with Crippen LogP contribution in [0.4, 0.5) is 15.8 Å². The van der Waals surface area contributed by atoms with Crippen LogP contribution in [0.2, 0.25) is 5.02 Å². The molecule has 0 atom stereocenters. The van der Waals surface area contributed by atoms with Gasteiger partial charge >= 0.3 is 0 Å². The molecule has 1 aliphatic heterocycles. The van der Waals surface area contributed by atoms with Gasteiger partial charge in [-0.2, -0.15) is 9.49 Å². The van der Waals surface area contributed by atoms with E-state index in [1.807, 2.05) is 42.6 Å². The molecule has 3 aromatic carbocycles. The molecule has 3 aromatic heterocycles. The minimum Gasteiger partial charge on any atom is -0.455 e. The second-order valence-corrected chi connectivity index (χ2v) is 18.0. The maximum atomic E-state index is 15.4. The molecule has 4 heterocycles. The summed E-state index contributed by atoms with van der Waals surface area (Å²) >= 11 is 7.42. The molecule has 1 saturated carbocycles. The predicted molar refractivity (Wildman–Crippen MR) is 247 cm³/mol. The number of aromatic nitrogens is 4. The Hall–Kier alpha value is -5.45. The minimum atomic E-state index is -0.789. The van der Waals surface area contributed by atoms with Gasteiger partial charge in [-0.3, -0.25) is 15.0 Å². The number of allylic oxidation sites excluding steroid dienone is 1. The number of piperazine rings is 1. The predicted octanol–water partition coefficient (Wildman–Crippen LogP) is 10.3. The van der Waals surface area contributed by atoms with Crippen LogP contribution in [0.15, 0.2) is 96.2 Å².